The van der Waals surface area contributed by atoms with Gasteiger partial charge in [-0.2, -0.15) is 0 Å². The Bertz CT molecular complexity index is 1960. The average molecular weight is 661 g/mol. The summed E-state index contributed by atoms with van der Waals surface area (Å²) in [6, 6.07) is 30.4. The van der Waals surface area contributed by atoms with E-state index in [1.807, 2.05) is 25.1 Å². The molecule has 0 aromatic heterocycles. The molecule has 6 rings (SSSR count). The standard InChI is InChI=1S/C13H14N2O2.C13H14N2O.C12H12N2O2/c1-17-12-4-2-3-11(16)13(12)9-6-5-8(14)7-10(9)15;1-8-3-2-4-12(16)13(8)10-6-5-9(14)7-11(10)15;13-7-4-5-8(9(14)6-7)12-10(15)2-1-3-11(12)16/h2-7,16H,14-15H2,1H3;2-7,16H,14-15H2,1H3;1-6,15-16H,13-14H2. The van der Waals surface area contributed by atoms with Crippen molar-refractivity contribution in [2.75, 3.05) is 41.5 Å². The second-order valence-corrected chi connectivity index (χ2v) is 11.0. The smallest absolute Gasteiger partial charge is 0.130 e. The largest absolute Gasteiger partial charge is 0.507 e. The van der Waals surface area contributed by atoms with Gasteiger partial charge in [-0.15, -0.1) is 0 Å². The summed E-state index contributed by atoms with van der Waals surface area (Å²) in [5, 5.41) is 39.1. The molecule has 0 atom stereocenters. The lowest BCUT2D eigenvalue weighted by Crippen LogP contribution is -1.95. The molecule has 0 aliphatic rings. The third kappa shape index (κ3) is 8.10. The van der Waals surface area contributed by atoms with Crippen LogP contribution in [0.4, 0.5) is 34.1 Å². The maximum absolute atomic E-state index is 9.90. The van der Waals surface area contributed by atoms with Crippen LogP contribution in [0.1, 0.15) is 5.56 Å². The lowest BCUT2D eigenvalue weighted by Gasteiger charge is -2.12. The highest BCUT2D eigenvalue weighted by Gasteiger charge is 2.14. The molecule has 6 aromatic rings. The summed E-state index contributed by atoms with van der Waals surface area (Å²) in [5.74, 6) is 0.895. The van der Waals surface area contributed by atoms with Gasteiger partial charge in [-0.3, -0.25) is 0 Å². The van der Waals surface area contributed by atoms with Crippen LogP contribution in [-0.2, 0) is 0 Å². The van der Waals surface area contributed by atoms with E-state index in [1.165, 1.54) is 12.1 Å². The van der Waals surface area contributed by atoms with Crippen LogP contribution in [0.5, 0.6) is 28.7 Å². The summed E-state index contributed by atoms with van der Waals surface area (Å²) in [7, 11) is 1.55. The van der Waals surface area contributed by atoms with Crippen molar-refractivity contribution in [2.24, 2.45) is 0 Å². The maximum atomic E-state index is 9.90. The number of benzene rings is 6. The molecule has 0 amide bonds. The molecule has 0 fully saturated rings. The van der Waals surface area contributed by atoms with Crippen LogP contribution >= 0.6 is 0 Å². The van der Waals surface area contributed by atoms with Gasteiger partial charge in [-0.05, 0) is 91.3 Å². The first-order chi connectivity index (χ1) is 23.3. The number of aryl methyl sites for hydroxylation is 1. The molecule has 0 spiro atoms. The molecule has 0 unspecified atom stereocenters. The third-order valence-corrected chi connectivity index (χ3v) is 7.53. The number of ether oxygens (including phenoxy) is 1. The van der Waals surface area contributed by atoms with Crippen molar-refractivity contribution in [2.45, 2.75) is 6.92 Å². The molecule has 252 valence electrons. The summed E-state index contributed by atoms with van der Waals surface area (Å²) in [6.45, 7) is 1.94. The molecule has 11 heteroatoms. The first-order valence-corrected chi connectivity index (χ1v) is 14.9. The van der Waals surface area contributed by atoms with Crippen LogP contribution in [0.3, 0.4) is 0 Å². The lowest BCUT2D eigenvalue weighted by atomic mass is 9.98. The van der Waals surface area contributed by atoms with Gasteiger partial charge in [0.05, 0.1) is 18.2 Å². The molecule has 11 nitrogen and oxygen atoms in total. The molecule has 49 heavy (non-hydrogen) atoms. The van der Waals surface area contributed by atoms with Gasteiger partial charge in [0, 0.05) is 56.4 Å². The van der Waals surface area contributed by atoms with Crippen LogP contribution in [0, 0.1) is 6.92 Å². The van der Waals surface area contributed by atoms with Crippen LogP contribution in [0.25, 0.3) is 33.4 Å². The number of phenolic OH excluding ortho intramolecular Hbond substituents is 4. The molecule has 0 aliphatic heterocycles. The summed E-state index contributed by atoms with van der Waals surface area (Å²) in [6.07, 6.45) is 0. The summed E-state index contributed by atoms with van der Waals surface area (Å²) in [4.78, 5) is 0. The third-order valence-electron chi connectivity index (χ3n) is 7.53. The van der Waals surface area contributed by atoms with Crippen LogP contribution in [0.2, 0.25) is 0 Å². The van der Waals surface area contributed by atoms with E-state index in [1.54, 1.807) is 86.0 Å². The molecule has 0 bridgehead atoms. The summed E-state index contributed by atoms with van der Waals surface area (Å²) < 4.78 is 5.22. The van der Waals surface area contributed by atoms with E-state index in [2.05, 4.69) is 0 Å². The van der Waals surface area contributed by atoms with Crippen molar-refractivity contribution in [3.05, 3.63) is 115 Å². The number of nitrogens with two attached hydrogens (primary N) is 6. The van der Waals surface area contributed by atoms with E-state index >= 15 is 0 Å². The first-order valence-electron chi connectivity index (χ1n) is 14.9. The number of anilines is 6. The Morgan fingerprint density at radius 2 is 0.776 bits per heavy atom. The molecule has 6 aromatic carbocycles. The zero-order valence-corrected chi connectivity index (χ0v) is 27.1. The average Bonchev–Trinajstić information content (AvgIpc) is 3.04. The minimum Gasteiger partial charge on any atom is -0.507 e. The monoisotopic (exact) mass is 660 g/mol. The first kappa shape index (κ1) is 35.0. The van der Waals surface area contributed by atoms with Gasteiger partial charge in [0.2, 0.25) is 0 Å². The van der Waals surface area contributed by atoms with Gasteiger partial charge in [-0.25, -0.2) is 0 Å². The topological polar surface area (TPSA) is 246 Å². The van der Waals surface area contributed by atoms with Crippen LogP contribution < -0.4 is 39.1 Å². The Kier molecular flexibility index (Phi) is 10.8. The zero-order chi connectivity index (χ0) is 35.8. The highest BCUT2D eigenvalue weighted by atomic mass is 16.5. The molecule has 0 saturated carbocycles. The molecular weight excluding hydrogens is 620 g/mol. The minimum absolute atomic E-state index is 0.0172. The fourth-order valence-electron chi connectivity index (χ4n) is 5.19. The van der Waals surface area contributed by atoms with Crippen LogP contribution in [-0.4, -0.2) is 27.5 Å². The number of methoxy groups -OCH3 is 1. The van der Waals surface area contributed by atoms with Crippen molar-refractivity contribution in [3.8, 4) is 62.1 Å². The Labute approximate surface area is 284 Å². The Hall–Kier alpha value is -6.88. The van der Waals surface area contributed by atoms with Crippen molar-refractivity contribution < 1.29 is 25.2 Å². The van der Waals surface area contributed by atoms with Crippen molar-refractivity contribution in [3.63, 3.8) is 0 Å². The molecule has 0 saturated heterocycles. The Morgan fingerprint density at radius 1 is 0.429 bits per heavy atom. The molecule has 0 aliphatic carbocycles. The number of rotatable bonds is 4. The van der Waals surface area contributed by atoms with Gasteiger partial charge in [0.1, 0.15) is 28.7 Å². The van der Waals surface area contributed by atoms with Gasteiger partial charge in [0.25, 0.3) is 0 Å². The fraction of sp³-hybridized carbons (Fsp3) is 0.0526. The zero-order valence-electron chi connectivity index (χ0n) is 27.1. The van der Waals surface area contributed by atoms with E-state index in [4.69, 9.17) is 39.1 Å². The SMILES string of the molecule is COc1cccc(O)c1-c1ccc(N)cc1N.Cc1cccc(O)c1-c1ccc(N)cc1N.Nc1ccc(-c2c(O)cccc2O)c(N)c1. The normalized spacial score (nSPS) is 10.2. The second kappa shape index (κ2) is 15.1. The van der Waals surface area contributed by atoms with Gasteiger partial charge in [-0.1, -0.05) is 30.3 Å². The summed E-state index contributed by atoms with van der Waals surface area (Å²) in [5.41, 5.74) is 42.4. The van der Waals surface area contributed by atoms with Crippen LogP contribution in [0.15, 0.2) is 109 Å². The van der Waals surface area contributed by atoms with Gasteiger partial charge in [0.15, 0.2) is 0 Å². The Morgan fingerprint density at radius 3 is 1.18 bits per heavy atom. The number of nitrogen functional groups attached to an aromatic ring is 6. The minimum atomic E-state index is -0.0172. The Balaban J connectivity index is 0.000000166. The molecule has 16 N–H and O–H groups in total. The van der Waals surface area contributed by atoms with E-state index in [9.17, 15) is 20.4 Å². The van der Waals surface area contributed by atoms with Crippen molar-refractivity contribution in [1.82, 2.24) is 0 Å². The van der Waals surface area contributed by atoms with E-state index in [0.717, 1.165) is 16.7 Å². The fourth-order valence-corrected chi connectivity index (χ4v) is 5.19. The van der Waals surface area contributed by atoms with E-state index in [-0.39, 0.29) is 23.0 Å². The predicted molar refractivity (Wildman–Crippen MR) is 200 cm³/mol. The number of aromatic hydroxyl groups is 4. The molecular formula is C38H40N6O5. The molecule has 0 heterocycles. The number of hydrogen-bond acceptors (Lipinski definition) is 11. The molecule has 0 radical (unpaired) electrons. The van der Waals surface area contributed by atoms with Gasteiger partial charge < -0.3 is 59.6 Å². The van der Waals surface area contributed by atoms with Crippen molar-refractivity contribution >= 4 is 34.1 Å². The number of phenols is 4. The van der Waals surface area contributed by atoms with Crippen molar-refractivity contribution in [1.29, 1.82) is 0 Å². The van der Waals surface area contributed by atoms with E-state index < -0.39 is 0 Å². The van der Waals surface area contributed by atoms with E-state index in [0.29, 0.717) is 62.1 Å². The quantitative estimate of drug-likeness (QED) is 0.0892. The number of hydrogen-bond donors (Lipinski definition) is 10. The predicted octanol–water partition coefficient (Wildman–Crippen LogP) is 6.69. The second-order valence-electron chi connectivity index (χ2n) is 11.0. The summed E-state index contributed by atoms with van der Waals surface area (Å²) >= 11 is 0. The van der Waals surface area contributed by atoms with Gasteiger partial charge >= 0.3 is 0 Å². The highest BCUT2D eigenvalue weighted by molar-refractivity contribution is 5.87. The maximum Gasteiger partial charge on any atom is 0.130 e. The highest BCUT2D eigenvalue weighted by Crippen LogP contribution is 2.42. The lowest BCUT2D eigenvalue weighted by molar-refractivity contribution is 0.410.